The van der Waals surface area contributed by atoms with Gasteiger partial charge in [0.1, 0.15) is 6.10 Å². The first-order valence-electron chi connectivity index (χ1n) is 10.0. The normalized spacial score (nSPS) is 41.7. The molecule has 3 aliphatic heterocycles. The van der Waals surface area contributed by atoms with Crippen LogP contribution in [0.2, 0.25) is 0 Å². The van der Waals surface area contributed by atoms with E-state index >= 15 is 0 Å². The molecule has 0 spiro atoms. The third-order valence-electron chi connectivity index (χ3n) is 7.24. The number of ether oxygens (including phenoxy) is 1. The van der Waals surface area contributed by atoms with Gasteiger partial charge in [-0.25, -0.2) is 4.79 Å². The Morgan fingerprint density at radius 2 is 1.80 bits per heavy atom. The predicted octanol–water partition coefficient (Wildman–Crippen LogP) is 3.64. The van der Waals surface area contributed by atoms with Gasteiger partial charge in [0.2, 0.25) is 0 Å². The molecule has 1 amide bonds. The van der Waals surface area contributed by atoms with Crippen LogP contribution < -0.4 is 5.32 Å². The topological polar surface area (TPSA) is 41.6 Å². The van der Waals surface area contributed by atoms with Gasteiger partial charge in [0, 0.05) is 19.9 Å². The van der Waals surface area contributed by atoms with Crippen molar-refractivity contribution in [1.29, 1.82) is 0 Å². The highest BCUT2D eigenvalue weighted by Gasteiger charge is 2.49. The van der Waals surface area contributed by atoms with Gasteiger partial charge in [0.05, 0.1) is 0 Å². The summed E-state index contributed by atoms with van der Waals surface area (Å²) in [6.07, 6.45) is 6.07. The molecule has 6 rings (SSSR count). The van der Waals surface area contributed by atoms with E-state index < -0.39 is 0 Å². The van der Waals surface area contributed by atoms with Crippen LogP contribution in [0.1, 0.15) is 45.0 Å². The molecule has 5 atom stereocenters. The molecular formula is C21H30N2O2. The Kier molecular flexibility index (Phi) is 3.96. The molecule has 1 aromatic carbocycles. The molecular weight excluding hydrogens is 312 g/mol. The number of benzene rings is 1. The molecule has 5 fully saturated rings. The molecule has 4 nitrogen and oxygen atoms in total. The van der Waals surface area contributed by atoms with Crippen LogP contribution in [0.25, 0.3) is 0 Å². The summed E-state index contributed by atoms with van der Waals surface area (Å²) in [7, 11) is 0. The summed E-state index contributed by atoms with van der Waals surface area (Å²) in [5, 5.41) is 3.29. The highest BCUT2D eigenvalue weighted by Crippen LogP contribution is 2.53. The number of piperidine rings is 3. The third-order valence-corrected chi connectivity index (χ3v) is 7.24. The van der Waals surface area contributed by atoms with E-state index in [0.717, 1.165) is 12.5 Å². The van der Waals surface area contributed by atoms with Crippen molar-refractivity contribution in [3.8, 4) is 0 Å². The Hall–Kier alpha value is -1.55. The first kappa shape index (κ1) is 15.7. The van der Waals surface area contributed by atoms with E-state index in [1.165, 1.54) is 50.8 Å². The lowest BCUT2D eigenvalue weighted by molar-refractivity contribution is -0.0345. The fourth-order valence-electron chi connectivity index (χ4n) is 6.01. The highest BCUT2D eigenvalue weighted by molar-refractivity contribution is 5.68. The molecule has 136 valence electrons. The first-order valence-corrected chi connectivity index (χ1v) is 10.0. The fraction of sp³-hybridized carbons (Fsp3) is 0.667. The zero-order chi connectivity index (χ0) is 16.8. The predicted molar refractivity (Wildman–Crippen MR) is 98.5 cm³/mol. The Morgan fingerprint density at radius 1 is 1.04 bits per heavy atom. The number of carbonyl (C=O) groups excluding carboxylic acids is 1. The molecule has 1 N–H and O–H groups in total. The van der Waals surface area contributed by atoms with Gasteiger partial charge < -0.3 is 10.1 Å². The molecule has 0 radical (unpaired) electrons. The van der Waals surface area contributed by atoms with Crippen LogP contribution in [0.5, 0.6) is 0 Å². The monoisotopic (exact) mass is 342 g/mol. The molecule has 4 unspecified atom stereocenters. The summed E-state index contributed by atoms with van der Waals surface area (Å²) in [4.78, 5) is 15.1. The lowest BCUT2D eigenvalue weighted by atomic mass is 9.80. The Labute approximate surface area is 151 Å². The van der Waals surface area contributed by atoms with Gasteiger partial charge in [-0.1, -0.05) is 30.3 Å². The van der Waals surface area contributed by atoms with Gasteiger partial charge >= 0.3 is 6.09 Å². The Bertz CT molecular complexity index is 632. The van der Waals surface area contributed by atoms with Crippen LogP contribution in [-0.2, 0) is 4.74 Å². The smallest absolute Gasteiger partial charge is 0.407 e. The number of nitrogens with one attached hydrogen (secondary N) is 1. The summed E-state index contributed by atoms with van der Waals surface area (Å²) < 4.78 is 5.89. The van der Waals surface area contributed by atoms with E-state index in [2.05, 4.69) is 40.5 Å². The lowest BCUT2D eigenvalue weighted by Crippen LogP contribution is -2.53. The van der Waals surface area contributed by atoms with Crippen LogP contribution in [0.15, 0.2) is 30.3 Å². The van der Waals surface area contributed by atoms with Crippen molar-refractivity contribution in [3.05, 3.63) is 35.9 Å². The maximum absolute atomic E-state index is 12.6. The summed E-state index contributed by atoms with van der Waals surface area (Å²) in [5.74, 6) is 2.36. The summed E-state index contributed by atoms with van der Waals surface area (Å²) in [6, 6.07) is 11.0. The maximum atomic E-state index is 12.6. The molecule has 4 heteroatoms. The molecule has 4 bridgehead atoms. The van der Waals surface area contributed by atoms with Gasteiger partial charge in [0.15, 0.2) is 0 Å². The first-order chi connectivity index (χ1) is 12.3. The standard InChI is InChI=1S/C21H28N2O2.H2/c24-21(25-18-13-23-10-8-14(18)9-11-23)22-20-17-7-6-16(12-17)19(20)15-4-2-1-3-5-15;/h1-5,14,16-20H,6-13H2,(H,22,24);1H/t16?,17?,18-,19?,20?;/m0./s1. The number of amides is 1. The van der Waals surface area contributed by atoms with Crippen molar-refractivity contribution < 1.29 is 11.0 Å². The third kappa shape index (κ3) is 2.84. The van der Waals surface area contributed by atoms with Crippen LogP contribution in [0.3, 0.4) is 0 Å². The number of rotatable bonds is 3. The maximum Gasteiger partial charge on any atom is 0.407 e. The van der Waals surface area contributed by atoms with Gasteiger partial charge in [-0.3, -0.25) is 4.90 Å². The van der Waals surface area contributed by atoms with Crippen LogP contribution in [0.4, 0.5) is 4.79 Å². The minimum absolute atomic E-state index is 0. The second kappa shape index (κ2) is 6.31. The van der Waals surface area contributed by atoms with Crippen LogP contribution >= 0.6 is 0 Å². The number of alkyl carbamates (subject to hydrolysis) is 1. The average Bonchev–Trinajstić information content (AvgIpc) is 3.25. The van der Waals surface area contributed by atoms with Crippen molar-refractivity contribution in [2.45, 2.75) is 50.2 Å². The number of hydrogen-bond acceptors (Lipinski definition) is 3. The molecule has 2 aliphatic carbocycles. The molecule has 1 aromatic rings. The van der Waals surface area contributed by atoms with Crippen molar-refractivity contribution in [1.82, 2.24) is 10.2 Å². The van der Waals surface area contributed by atoms with Crippen LogP contribution in [0, 0.1) is 17.8 Å². The Morgan fingerprint density at radius 3 is 2.52 bits per heavy atom. The second-order valence-corrected chi connectivity index (χ2v) is 8.52. The van der Waals surface area contributed by atoms with Gasteiger partial charge in [-0.05, 0) is 68.5 Å². The average molecular weight is 342 g/mol. The minimum atomic E-state index is -0.183. The van der Waals surface area contributed by atoms with E-state index in [4.69, 9.17) is 4.74 Å². The zero-order valence-electron chi connectivity index (χ0n) is 14.8. The van der Waals surface area contributed by atoms with Crippen molar-refractivity contribution in [3.63, 3.8) is 0 Å². The van der Waals surface area contributed by atoms with Gasteiger partial charge in [0.25, 0.3) is 0 Å². The lowest BCUT2D eigenvalue weighted by Gasteiger charge is -2.44. The van der Waals surface area contributed by atoms with Crippen LogP contribution in [-0.4, -0.2) is 42.8 Å². The van der Waals surface area contributed by atoms with E-state index in [1.807, 2.05) is 0 Å². The number of hydrogen-bond donors (Lipinski definition) is 1. The fourth-order valence-corrected chi connectivity index (χ4v) is 6.01. The Balaban J connectivity index is 0.00000168. The van der Waals surface area contributed by atoms with E-state index in [-0.39, 0.29) is 19.7 Å². The van der Waals surface area contributed by atoms with Crippen molar-refractivity contribution in [2.75, 3.05) is 19.6 Å². The molecule has 0 aromatic heterocycles. The quantitative estimate of drug-likeness (QED) is 0.912. The minimum Gasteiger partial charge on any atom is -0.445 e. The zero-order valence-corrected chi connectivity index (χ0v) is 14.8. The summed E-state index contributed by atoms with van der Waals surface area (Å²) >= 11 is 0. The molecule has 5 aliphatic rings. The number of nitrogens with zero attached hydrogens (tertiary/aromatic N) is 1. The van der Waals surface area contributed by atoms with Crippen molar-refractivity contribution in [2.24, 2.45) is 17.8 Å². The second-order valence-electron chi connectivity index (χ2n) is 8.52. The van der Waals surface area contributed by atoms with E-state index in [1.54, 1.807) is 0 Å². The van der Waals surface area contributed by atoms with E-state index in [0.29, 0.717) is 17.8 Å². The molecule has 3 saturated heterocycles. The highest BCUT2D eigenvalue weighted by atomic mass is 16.6. The van der Waals surface area contributed by atoms with Gasteiger partial charge in [-0.2, -0.15) is 0 Å². The summed E-state index contributed by atoms with van der Waals surface area (Å²) in [5.41, 5.74) is 1.38. The van der Waals surface area contributed by atoms with E-state index in [9.17, 15) is 4.79 Å². The number of carbonyl (C=O) groups is 1. The van der Waals surface area contributed by atoms with Gasteiger partial charge in [-0.15, -0.1) is 0 Å². The molecule has 3 heterocycles. The summed E-state index contributed by atoms with van der Waals surface area (Å²) in [6.45, 7) is 3.28. The SMILES string of the molecule is O=C(NC1C2CCC(C2)C1c1ccccc1)O[C@H]1CN2CCC1CC2.[HH]. The molecule has 25 heavy (non-hydrogen) atoms. The van der Waals surface area contributed by atoms with Crippen molar-refractivity contribution >= 4 is 6.09 Å². The molecule has 2 saturated carbocycles. The largest absolute Gasteiger partial charge is 0.445 e. The number of fused-ring (bicyclic) bond motifs is 5.